The first-order chi connectivity index (χ1) is 19.8. The second kappa shape index (κ2) is 14.2. The summed E-state index contributed by atoms with van der Waals surface area (Å²) in [7, 11) is 3.39. The van der Waals surface area contributed by atoms with Gasteiger partial charge < -0.3 is 24.2 Å². The molecule has 2 aliphatic carbocycles. The normalized spacial score (nSPS) is 20.7. The zero-order valence-corrected chi connectivity index (χ0v) is 24.4. The van der Waals surface area contributed by atoms with Crippen LogP contribution in [0.1, 0.15) is 67.3 Å². The van der Waals surface area contributed by atoms with E-state index >= 15 is 0 Å². The second-order valence-electron chi connectivity index (χ2n) is 10.9. The molecular formula is C31H39ClN2O7. The monoisotopic (exact) mass is 586 g/mol. The Labute approximate surface area is 246 Å². The Hall–Kier alpha value is -3.14. The molecule has 2 N–H and O–H groups in total. The number of methoxy groups -OCH3 is 1. The third-order valence-electron chi connectivity index (χ3n) is 8.35. The van der Waals surface area contributed by atoms with Crippen LogP contribution in [0.5, 0.6) is 5.75 Å². The number of anilines is 1. The highest BCUT2D eigenvalue weighted by Gasteiger charge is 2.48. The van der Waals surface area contributed by atoms with Crippen molar-refractivity contribution in [2.75, 3.05) is 32.6 Å². The van der Waals surface area contributed by atoms with E-state index in [1.54, 1.807) is 0 Å². The first-order valence-corrected chi connectivity index (χ1v) is 14.6. The molecule has 0 unspecified atom stereocenters. The van der Waals surface area contributed by atoms with E-state index in [1.807, 2.05) is 37.4 Å². The van der Waals surface area contributed by atoms with Crippen molar-refractivity contribution in [2.24, 2.45) is 5.92 Å². The first kappa shape index (κ1) is 30.8. The van der Waals surface area contributed by atoms with Crippen LogP contribution in [-0.2, 0) is 19.9 Å². The van der Waals surface area contributed by atoms with Crippen molar-refractivity contribution in [1.29, 1.82) is 0 Å². The summed E-state index contributed by atoms with van der Waals surface area (Å²) in [5.74, 6) is -0.411. The number of hydrogen-bond acceptors (Lipinski definition) is 8. The summed E-state index contributed by atoms with van der Waals surface area (Å²) < 4.78 is 16.5. The number of nitrogens with one attached hydrogen (secondary N) is 1. The van der Waals surface area contributed by atoms with Crippen molar-refractivity contribution in [1.82, 2.24) is 4.90 Å². The Kier molecular flexibility index (Phi) is 10.6. The summed E-state index contributed by atoms with van der Waals surface area (Å²) in [6, 6.07) is 12.3. The SMILES string of the molecule is COc1cc(C=O)cc(Cl)c1NC(=O)OCCN(C)[C@H]1CC[C@H](OC(=O)[C@](O)(c2ccccc2)C2CCCC2)CC1. The molecule has 222 valence electrons. The number of aldehydes is 1. The molecule has 4 rings (SSSR count). The van der Waals surface area contributed by atoms with Gasteiger partial charge in [-0.05, 0) is 63.3 Å². The number of halogens is 1. The van der Waals surface area contributed by atoms with Crippen LogP contribution in [0.25, 0.3) is 0 Å². The van der Waals surface area contributed by atoms with Gasteiger partial charge in [-0.1, -0.05) is 54.8 Å². The zero-order valence-electron chi connectivity index (χ0n) is 23.6. The smallest absolute Gasteiger partial charge is 0.411 e. The number of ether oxygens (including phenoxy) is 3. The van der Waals surface area contributed by atoms with Crippen LogP contribution in [0, 0.1) is 5.92 Å². The number of likely N-dealkylation sites (N-methyl/N-ethyl adjacent to an activating group) is 1. The van der Waals surface area contributed by atoms with E-state index in [0.29, 0.717) is 36.8 Å². The second-order valence-corrected chi connectivity index (χ2v) is 11.3. The number of amides is 1. The van der Waals surface area contributed by atoms with Crippen LogP contribution in [-0.4, -0.2) is 67.8 Å². The maximum Gasteiger partial charge on any atom is 0.411 e. The van der Waals surface area contributed by atoms with Crippen LogP contribution >= 0.6 is 11.6 Å². The molecule has 0 radical (unpaired) electrons. The number of hydrogen-bond donors (Lipinski definition) is 2. The maximum atomic E-state index is 13.4. The molecule has 10 heteroatoms. The lowest BCUT2D eigenvalue weighted by Crippen LogP contribution is -2.46. The molecule has 9 nitrogen and oxygen atoms in total. The Morgan fingerprint density at radius 2 is 1.78 bits per heavy atom. The van der Waals surface area contributed by atoms with E-state index in [0.717, 1.165) is 38.5 Å². The minimum absolute atomic E-state index is 0.134. The minimum atomic E-state index is -1.62. The van der Waals surface area contributed by atoms with E-state index in [2.05, 4.69) is 10.2 Å². The van der Waals surface area contributed by atoms with Gasteiger partial charge >= 0.3 is 12.1 Å². The van der Waals surface area contributed by atoms with Gasteiger partial charge in [0.2, 0.25) is 0 Å². The van der Waals surface area contributed by atoms with Crippen molar-refractivity contribution in [3.8, 4) is 5.75 Å². The van der Waals surface area contributed by atoms with Crippen LogP contribution in [0.15, 0.2) is 42.5 Å². The summed E-state index contributed by atoms with van der Waals surface area (Å²) in [6.07, 6.45) is 6.41. The molecule has 0 heterocycles. The van der Waals surface area contributed by atoms with Crippen molar-refractivity contribution >= 4 is 35.6 Å². The van der Waals surface area contributed by atoms with E-state index in [-0.39, 0.29) is 41.1 Å². The fourth-order valence-corrected chi connectivity index (χ4v) is 6.22. The number of carbonyl (C=O) groups excluding carboxylic acids is 3. The largest absolute Gasteiger partial charge is 0.494 e. The van der Waals surface area contributed by atoms with E-state index in [4.69, 9.17) is 25.8 Å². The van der Waals surface area contributed by atoms with E-state index in [1.165, 1.54) is 19.2 Å². The Morgan fingerprint density at radius 3 is 2.41 bits per heavy atom. The first-order valence-electron chi connectivity index (χ1n) is 14.2. The molecule has 2 aliphatic rings. The van der Waals surface area contributed by atoms with E-state index in [9.17, 15) is 19.5 Å². The van der Waals surface area contributed by atoms with Crippen molar-refractivity contribution in [3.63, 3.8) is 0 Å². The molecule has 0 aliphatic heterocycles. The van der Waals surface area contributed by atoms with E-state index < -0.39 is 17.7 Å². The average Bonchev–Trinajstić information content (AvgIpc) is 3.54. The topological polar surface area (TPSA) is 114 Å². The third kappa shape index (κ3) is 7.39. The van der Waals surface area contributed by atoms with Crippen LogP contribution in [0.3, 0.4) is 0 Å². The lowest BCUT2D eigenvalue weighted by molar-refractivity contribution is -0.181. The van der Waals surface area contributed by atoms with Gasteiger partial charge in [0.05, 0.1) is 12.1 Å². The molecule has 41 heavy (non-hydrogen) atoms. The number of benzene rings is 2. The number of aliphatic hydroxyl groups is 1. The van der Waals surface area contributed by atoms with Crippen molar-refractivity contribution in [2.45, 2.75) is 69.1 Å². The minimum Gasteiger partial charge on any atom is -0.494 e. The van der Waals surface area contributed by atoms with Gasteiger partial charge in [-0.2, -0.15) is 0 Å². The quantitative estimate of drug-likeness (QED) is 0.259. The summed E-state index contributed by atoms with van der Waals surface area (Å²) in [6.45, 7) is 0.683. The van der Waals surface area contributed by atoms with Gasteiger partial charge in [0, 0.05) is 24.1 Å². The summed E-state index contributed by atoms with van der Waals surface area (Å²) in [5, 5.41) is 14.4. The summed E-state index contributed by atoms with van der Waals surface area (Å²) in [5.41, 5.74) is -0.447. The Bertz CT molecular complexity index is 1200. The molecule has 2 aromatic carbocycles. The average molecular weight is 587 g/mol. The predicted octanol–water partition coefficient (Wildman–Crippen LogP) is 5.57. The highest BCUT2D eigenvalue weighted by Crippen LogP contribution is 2.42. The van der Waals surface area contributed by atoms with Gasteiger partial charge in [-0.3, -0.25) is 10.1 Å². The number of carbonyl (C=O) groups is 3. The molecule has 2 saturated carbocycles. The highest BCUT2D eigenvalue weighted by molar-refractivity contribution is 6.34. The van der Waals surface area contributed by atoms with Crippen LogP contribution in [0.2, 0.25) is 5.02 Å². The number of rotatable bonds is 11. The molecule has 0 bridgehead atoms. The fraction of sp³-hybridized carbons (Fsp3) is 0.516. The number of nitrogens with zero attached hydrogens (tertiary/aromatic N) is 1. The lowest BCUT2D eigenvalue weighted by atomic mass is 9.80. The highest BCUT2D eigenvalue weighted by atomic mass is 35.5. The van der Waals surface area contributed by atoms with Crippen molar-refractivity contribution < 1.29 is 33.7 Å². The van der Waals surface area contributed by atoms with Gasteiger partial charge in [-0.25, -0.2) is 9.59 Å². The Morgan fingerprint density at radius 1 is 1.10 bits per heavy atom. The van der Waals surface area contributed by atoms with Gasteiger partial charge in [0.25, 0.3) is 0 Å². The maximum absolute atomic E-state index is 13.4. The van der Waals surface area contributed by atoms with Gasteiger partial charge in [0.1, 0.15) is 30.4 Å². The van der Waals surface area contributed by atoms with Gasteiger partial charge in [-0.15, -0.1) is 0 Å². The molecular weight excluding hydrogens is 548 g/mol. The van der Waals surface area contributed by atoms with Gasteiger partial charge in [0.15, 0.2) is 5.60 Å². The zero-order chi connectivity index (χ0) is 29.4. The lowest BCUT2D eigenvalue weighted by Gasteiger charge is -2.37. The molecule has 1 atom stereocenters. The molecule has 0 aromatic heterocycles. The Balaban J connectivity index is 1.23. The molecule has 2 aromatic rings. The standard InChI is InChI=1S/C31H39ClN2O7/c1-34(16-17-40-30(37)33-28-26(32)18-21(20-35)19-27(28)39-2)24-12-14-25(15-13-24)41-29(36)31(38,23-10-6-7-11-23)22-8-4-3-5-9-22/h3-5,8-9,18-20,23-25,38H,6-7,10-17H2,1-2H3,(H,33,37)/t24-,25-,31-/m0/s1. The molecule has 1 amide bonds. The predicted molar refractivity (Wildman–Crippen MR) is 155 cm³/mol. The van der Waals surface area contributed by atoms with Crippen molar-refractivity contribution in [3.05, 3.63) is 58.6 Å². The molecule has 2 fully saturated rings. The number of esters is 1. The van der Waals surface area contributed by atoms with Crippen LogP contribution in [0.4, 0.5) is 10.5 Å². The molecule has 0 spiro atoms. The summed E-state index contributed by atoms with van der Waals surface area (Å²) in [4.78, 5) is 38.9. The van der Waals surface area contributed by atoms with Crippen LogP contribution < -0.4 is 10.1 Å². The fourth-order valence-electron chi connectivity index (χ4n) is 5.96. The molecule has 0 saturated heterocycles. The summed E-state index contributed by atoms with van der Waals surface area (Å²) >= 11 is 6.19. The third-order valence-corrected chi connectivity index (χ3v) is 8.65.